The van der Waals surface area contributed by atoms with Crippen LogP contribution in [0.5, 0.6) is 0 Å². The Morgan fingerprint density at radius 1 is 1.03 bits per heavy atom. The van der Waals surface area contributed by atoms with Crippen molar-refractivity contribution in [2.45, 2.75) is 30.9 Å². The summed E-state index contributed by atoms with van der Waals surface area (Å²) < 4.78 is 20.8. The topological polar surface area (TPSA) is 28.1 Å². The van der Waals surface area contributed by atoms with E-state index >= 15 is 0 Å². The number of hydrogen-bond donors (Lipinski definition) is 0. The molecule has 0 aromatic heterocycles. The minimum atomic E-state index is -0.200. The molecular formula is C24H26FN3O. The molecule has 150 valence electrons. The lowest BCUT2D eigenvalue weighted by Crippen LogP contribution is -2.61. The smallest absolute Gasteiger partial charge is 0.288 e. The fraction of sp³-hybridized carbons (Fsp3) is 0.458. The van der Waals surface area contributed by atoms with Crippen molar-refractivity contribution in [2.24, 2.45) is 10.9 Å². The summed E-state index contributed by atoms with van der Waals surface area (Å²) in [4.78, 5) is 9.72. The predicted molar refractivity (Wildman–Crippen MR) is 110 cm³/mol. The van der Waals surface area contributed by atoms with Gasteiger partial charge in [-0.15, -0.1) is 0 Å². The molecule has 3 saturated heterocycles. The molecule has 3 fully saturated rings. The number of benzene rings is 2. The Balaban J connectivity index is 1.36. The van der Waals surface area contributed by atoms with Gasteiger partial charge < -0.3 is 9.64 Å². The van der Waals surface area contributed by atoms with E-state index in [1.54, 1.807) is 12.1 Å². The van der Waals surface area contributed by atoms with Crippen LogP contribution in [-0.4, -0.2) is 54.1 Å². The van der Waals surface area contributed by atoms with Crippen LogP contribution >= 0.6 is 0 Å². The SMILES string of the molecule is Fc1cccc([C@@H]2c3ccccc3CCN2C2=NC[C@@]3(CN4CCC3CC4)O2)c1. The van der Waals surface area contributed by atoms with Crippen molar-refractivity contribution in [3.63, 3.8) is 0 Å². The Kier molecular flexibility index (Phi) is 3.95. The Bertz CT molecular complexity index is 968. The van der Waals surface area contributed by atoms with Crippen molar-refractivity contribution in [2.75, 3.05) is 32.7 Å². The van der Waals surface area contributed by atoms with E-state index in [0.717, 1.165) is 37.6 Å². The van der Waals surface area contributed by atoms with Gasteiger partial charge in [-0.2, -0.15) is 0 Å². The molecule has 1 spiro atoms. The molecule has 2 aromatic carbocycles. The summed E-state index contributed by atoms with van der Waals surface area (Å²) in [5, 5.41) is 0. The molecule has 2 bridgehead atoms. The highest BCUT2D eigenvalue weighted by molar-refractivity contribution is 5.78. The fourth-order valence-electron chi connectivity index (χ4n) is 5.83. The van der Waals surface area contributed by atoms with Crippen molar-refractivity contribution >= 4 is 6.02 Å². The zero-order chi connectivity index (χ0) is 19.4. The summed E-state index contributed by atoms with van der Waals surface area (Å²) >= 11 is 0. The molecule has 0 amide bonds. The zero-order valence-electron chi connectivity index (χ0n) is 16.6. The quantitative estimate of drug-likeness (QED) is 0.743. The van der Waals surface area contributed by atoms with E-state index in [9.17, 15) is 4.39 Å². The lowest BCUT2D eigenvalue weighted by atomic mass is 9.75. The van der Waals surface area contributed by atoms with E-state index < -0.39 is 0 Å². The molecule has 7 rings (SSSR count). The van der Waals surface area contributed by atoms with Gasteiger partial charge in [-0.25, -0.2) is 9.38 Å². The van der Waals surface area contributed by atoms with Gasteiger partial charge in [-0.3, -0.25) is 4.90 Å². The molecule has 4 nitrogen and oxygen atoms in total. The maximum atomic E-state index is 14.1. The van der Waals surface area contributed by atoms with Crippen LogP contribution in [0.3, 0.4) is 0 Å². The molecule has 5 heterocycles. The minimum absolute atomic E-state index is 0.0642. The van der Waals surface area contributed by atoms with Gasteiger partial charge >= 0.3 is 0 Å². The van der Waals surface area contributed by atoms with Gasteiger partial charge in [0.05, 0.1) is 12.6 Å². The number of aliphatic imine (C=N–C) groups is 1. The van der Waals surface area contributed by atoms with Crippen molar-refractivity contribution in [1.29, 1.82) is 0 Å². The van der Waals surface area contributed by atoms with Gasteiger partial charge in [-0.05, 0) is 61.2 Å². The van der Waals surface area contributed by atoms with Crippen LogP contribution in [0.2, 0.25) is 0 Å². The molecule has 0 N–H and O–H groups in total. The maximum Gasteiger partial charge on any atom is 0.288 e. The molecule has 5 aliphatic rings. The summed E-state index contributed by atoms with van der Waals surface area (Å²) in [6.45, 7) is 4.95. The van der Waals surface area contributed by atoms with Crippen molar-refractivity contribution in [3.05, 3.63) is 71.0 Å². The molecule has 0 aliphatic carbocycles. The van der Waals surface area contributed by atoms with E-state index in [1.807, 2.05) is 6.07 Å². The third kappa shape index (κ3) is 2.78. The lowest BCUT2D eigenvalue weighted by Gasteiger charge is -2.50. The highest BCUT2D eigenvalue weighted by Crippen LogP contribution is 2.43. The number of amidine groups is 1. The number of ether oxygens (including phenoxy) is 1. The van der Waals surface area contributed by atoms with Gasteiger partial charge in [-0.1, -0.05) is 36.4 Å². The van der Waals surface area contributed by atoms with Crippen molar-refractivity contribution in [1.82, 2.24) is 9.80 Å². The van der Waals surface area contributed by atoms with E-state index in [-0.39, 0.29) is 17.5 Å². The number of hydrogen-bond acceptors (Lipinski definition) is 4. The van der Waals surface area contributed by atoms with Crippen molar-refractivity contribution in [3.8, 4) is 0 Å². The van der Waals surface area contributed by atoms with Crippen LogP contribution in [0.25, 0.3) is 0 Å². The summed E-state index contributed by atoms with van der Waals surface area (Å²) in [5.41, 5.74) is 3.35. The van der Waals surface area contributed by atoms with Crippen LogP contribution in [0.15, 0.2) is 53.5 Å². The van der Waals surface area contributed by atoms with Gasteiger partial charge in [0.25, 0.3) is 6.02 Å². The molecule has 2 atom stereocenters. The molecule has 2 aromatic rings. The Labute approximate surface area is 171 Å². The average Bonchev–Trinajstić information content (AvgIpc) is 3.17. The normalized spacial score (nSPS) is 32.8. The second-order valence-electron chi connectivity index (χ2n) is 8.92. The van der Waals surface area contributed by atoms with Crippen molar-refractivity contribution < 1.29 is 9.13 Å². The number of halogens is 1. The Hall–Kier alpha value is -2.40. The van der Waals surface area contributed by atoms with E-state index in [2.05, 4.69) is 34.1 Å². The number of nitrogens with zero attached hydrogens (tertiary/aromatic N) is 3. The average molecular weight is 391 g/mol. The monoisotopic (exact) mass is 391 g/mol. The van der Waals surface area contributed by atoms with Crippen LogP contribution in [0.4, 0.5) is 4.39 Å². The lowest BCUT2D eigenvalue weighted by molar-refractivity contribution is -0.0895. The third-order valence-corrected chi connectivity index (χ3v) is 7.29. The molecule has 5 aliphatic heterocycles. The second kappa shape index (κ2) is 6.56. The first-order valence-electron chi connectivity index (χ1n) is 10.8. The van der Waals surface area contributed by atoms with Crippen LogP contribution in [0.1, 0.15) is 35.6 Å². The third-order valence-electron chi connectivity index (χ3n) is 7.29. The highest BCUT2D eigenvalue weighted by atomic mass is 19.1. The zero-order valence-corrected chi connectivity index (χ0v) is 16.6. The summed E-state index contributed by atoms with van der Waals surface area (Å²) in [6, 6.07) is 16.2. The van der Waals surface area contributed by atoms with Crippen LogP contribution in [0, 0.1) is 11.7 Å². The standard InChI is InChI=1S/C24H26FN3O/c25-20-6-3-5-18(14-20)22-21-7-2-1-4-17(21)8-13-28(22)23-26-15-24(29-23)16-27-11-9-19(24)10-12-27/h1-7,14,19,22H,8-13,15-16H2/t22-,24+/m1/s1. The molecule has 0 radical (unpaired) electrons. The first kappa shape index (κ1) is 17.5. The fourth-order valence-corrected chi connectivity index (χ4v) is 5.83. The second-order valence-corrected chi connectivity index (χ2v) is 8.92. The minimum Gasteiger partial charge on any atom is -0.455 e. The summed E-state index contributed by atoms with van der Waals surface area (Å²) in [6.07, 6.45) is 3.37. The van der Waals surface area contributed by atoms with E-state index in [0.29, 0.717) is 5.92 Å². The van der Waals surface area contributed by atoms with E-state index in [4.69, 9.17) is 9.73 Å². The van der Waals surface area contributed by atoms with Gasteiger partial charge in [0.1, 0.15) is 11.4 Å². The molecule has 0 saturated carbocycles. The maximum absolute atomic E-state index is 14.1. The first-order chi connectivity index (χ1) is 14.2. The molecule has 0 unspecified atom stereocenters. The highest BCUT2D eigenvalue weighted by Gasteiger charge is 2.53. The molecule has 5 heteroatoms. The molecular weight excluding hydrogens is 365 g/mol. The Morgan fingerprint density at radius 3 is 2.69 bits per heavy atom. The summed E-state index contributed by atoms with van der Waals surface area (Å²) in [5.74, 6) is 0.395. The number of piperidine rings is 3. The van der Waals surface area contributed by atoms with Gasteiger partial charge in [0, 0.05) is 19.0 Å². The largest absolute Gasteiger partial charge is 0.455 e. The predicted octanol–water partition coefficient (Wildman–Crippen LogP) is 3.62. The van der Waals surface area contributed by atoms with E-state index in [1.165, 1.54) is 43.1 Å². The first-order valence-corrected chi connectivity index (χ1v) is 10.8. The number of rotatable bonds is 1. The van der Waals surface area contributed by atoms with Gasteiger partial charge in [0.2, 0.25) is 0 Å². The summed E-state index contributed by atoms with van der Waals surface area (Å²) in [7, 11) is 0. The van der Waals surface area contributed by atoms with Gasteiger partial charge in [0.15, 0.2) is 0 Å². The van der Waals surface area contributed by atoms with Crippen LogP contribution < -0.4 is 0 Å². The Morgan fingerprint density at radius 2 is 1.90 bits per heavy atom. The van der Waals surface area contributed by atoms with Crippen LogP contribution in [-0.2, 0) is 11.2 Å². The molecule has 29 heavy (non-hydrogen) atoms. The number of fused-ring (bicyclic) bond motifs is 3.